The van der Waals surface area contributed by atoms with Crippen LogP contribution in [0.4, 0.5) is 16.4 Å². The number of hydrogen-bond acceptors (Lipinski definition) is 7. The minimum Gasteiger partial charge on any atom is -0.457 e. The molecule has 0 saturated carbocycles. The number of benzene rings is 2. The zero-order chi connectivity index (χ0) is 20.9. The topological polar surface area (TPSA) is 101 Å². The standard InChI is InChI=1S/C23H16N4O2S/c24-14-18-20(25)22(21(28)19-8-4-5-13-26-19)30-23(18)27-15-9-11-17(12-10-15)29-16-6-2-1-3-7-16/h1-13,27H,25H2. The Kier molecular flexibility index (Phi) is 5.42. The van der Waals surface area contributed by atoms with Gasteiger partial charge in [0.05, 0.1) is 5.69 Å². The van der Waals surface area contributed by atoms with Crippen molar-refractivity contribution in [1.29, 1.82) is 5.26 Å². The Balaban J connectivity index is 1.56. The van der Waals surface area contributed by atoms with E-state index in [1.54, 1.807) is 24.4 Å². The maximum Gasteiger partial charge on any atom is 0.223 e. The highest BCUT2D eigenvalue weighted by Gasteiger charge is 2.23. The van der Waals surface area contributed by atoms with E-state index in [4.69, 9.17) is 10.5 Å². The van der Waals surface area contributed by atoms with E-state index >= 15 is 0 Å². The van der Waals surface area contributed by atoms with Gasteiger partial charge in [0.1, 0.15) is 38.7 Å². The van der Waals surface area contributed by atoms with Gasteiger partial charge in [-0.05, 0) is 48.5 Å². The summed E-state index contributed by atoms with van der Waals surface area (Å²) >= 11 is 1.14. The van der Waals surface area contributed by atoms with Crippen LogP contribution in [0.1, 0.15) is 20.9 Å². The van der Waals surface area contributed by atoms with E-state index in [0.717, 1.165) is 22.8 Å². The quantitative estimate of drug-likeness (QED) is 0.413. The number of hydrogen-bond donors (Lipinski definition) is 2. The zero-order valence-corrected chi connectivity index (χ0v) is 16.5. The lowest BCUT2D eigenvalue weighted by molar-refractivity contribution is 0.103. The number of nitrogen functional groups attached to an aromatic ring is 1. The molecule has 0 aliphatic rings. The van der Waals surface area contributed by atoms with E-state index in [9.17, 15) is 10.1 Å². The summed E-state index contributed by atoms with van der Waals surface area (Å²) in [6, 6.07) is 23.9. The molecule has 4 rings (SSSR count). The summed E-state index contributed by atoms with van der Waals surface area (Å²) in [6.07, 6.45) is 1.54. The van der Waals surface area contributed by atoms with Crippen molar-refractivity contribution in [2.45, 2.75) is 0 Å². The first-order valence-corrected chi connectivity index (χ1v) is 9.85. The van der Waals surface area contributed by atoms with Crippen LogP contribution >= 0.6 is 11.3 Å². The largest absolute Gasteiger partial charge is 0.457 e. The molecule has 146 valence electrons. The third-order valence-corrected chi connectivity index (χ3v) is 5.37. The number of carbonyl (C=O) groups excluding carboxylic acids is 1. The Morgan fingerprint density at radius 1 is 1.00 bits per heavy atom. The average molecular weight is 412 g/mol. The van der Waals surface area contributed by atoms with Gasteiger partial charge in [0.2, 0.25) is 5.78 Å². The van der Waals surface area contributed by atoms with Gasteiger partial charge in [-0.1, -0.05) is 24.3 Å². The van der Waals surface area contributed by atoms with Crippen LogP contribution in [0.25, 0.3) is 0 Å². The summed E-state index contributed by atoms with van der Waals surface area (Å²) in [6.45, 7) is 0. The number of nitriles is 1. The number of pyridine rings is 1. The summed E-state index contributed by atoms with van der Waals surface area (Å²) in [7, 11) is 0. The molecule has 0 saturated heterocycles. The van der Waals surface area contributed by atoms with E-state index in [-0.39, 0.29) is 27.6 Å². The van der Waals surface area contributed by atoms with Crippen LogP contribution in [-0.2, 0) is 0 Å². The molecule has 2 aromatic heterocycles. The Morgan fingerprint density at radius 2 is 1.70 bits per heavy atom. The molecule has 0 aliphatic carbocycles. The van der Waals surface area contributed by atoms with E-state index in [2.05, 4.69) is 16.4 Å². The predicted octanol–water partition coefficient (Wildman–Crippen LogP) is 5.36. The Hall–Kier alpha value is -4.15. The summed E-state index contributed by atoms with van der Waals surface area (Å²) in [5.74, 6) is 1.12. The lowest BCUT2D eigenvalue weighted by atomic mass is 10.1. The highest BCUT2D eigenvalue weighted by molar-refractivity contribution is 7.19. The van der Waals surface area contributed by atoms with Crippen LogP contribution in [0.5, 0.6) is 11.5 Å². The molecule has 0 aliphatic heterocycles. The van der Waals surface area contributed by atoms with Gasteiger partial charge in [0.15, 0.2) is 0 Å². The maximum absolute atomic E-state index is 12.7. The SMILES string of the molecule is N#Cc1c(Nc2ccc(Oc3ccccc3)cc2)sc(C(=O)c2ccccn2)c1N. The minimum atomic E-state index is -0.311. The van der Waals surface area contributed by atoms with Gasteiger partial charge >= 0.3 is 0 Å². The first-order chi connectivity index (χ1) is 14.7. The van der Waals surface area contributed by atoms with Gasteiger partial charge in [-0.2, -0.15) is 5.26 Å². The van der Waals surface area contributed by atoms with Crippen molar-refractivity contribution in [3.63, 3.8) is 0 Å². The summed E-state index contributed by atoms with van der Waals surface area (Å²) in [5, 5.41) is 13.2. The second-order valence-corrected chi connectivity index (χ2v) is 7.29. The fraction of sp³-hybridized carbons (Fsp3) is 0. The molecule has 0 spiro atoms. The Labute approximate surface area is 177 Å². The predicted molar refractivity (Wildman–Crippen MR) is 117 cm³/mol. The molecule has 0 bridgehead atoms. The number of para-hydroxylation sites is 1. The molecule has 3 N–H and O–H groups in total. The van der Waals surface area contributed by atoms with E-state index in [0.29, 0.717) is 10.8 Å². The number of ketones is 1. The van der Waals surface area contributed by atoms with Crippen LogP contribution in [0.15, 0.2) is 79.0 Å². The molecule has 0 atom stereocenters. The number of rotatable bonds is 6. The highest BCUT2D eigenvalue weighted by Crippen LogP contribution is 2.38. The van der Waals surface area contributed by atoms with E-state index < -0.39 is 0 Å². The molecule has 7 heteroatoms. The first kappa shape index (κ1) is 19.2. The number of nitrogens with one attached hydrogen (secondary N) is 1. The molecule has 30 heavy (non-hydrogen) atoms. The molecule has 0 unspecified atom stereocenters. The molecule has 4 aromatic rings. The van der Waals surface area contributed by atoms with Gasteiger partial charge in [-0.3, -0.25) is 9.78 Å². The zero-order valence-electron chi connectivity index (χ0n) is 15.7. The molecule has 0 amide bonds. The number of thiophene rings is 1. The first-order valence-electron chi connectivity index (χ1n) is 9.04. The smallest absolute Gasteiger partial charge is 0.223 e. The van der Waals surface area contributed by atoms with Crippen molar-refractivity contribution in [2.24, 2.45) is 0 Å². The number of ether oxygens (including phenoxy) is 1. The van der Waals surface area contributed by atoms with Crippen molar-refractivity contribution in [3.8, 4) is 17.6 Å². The molecule has 2 heterocycles. The van der Waals surface area contributed by atoms with Crippen molar-refractivity contribution in [1.82, 2.24) is 4.98 Å². The van der Waals surface area contributed by atoms with Crippen LogP contribution in [0.3, 0.4) is 0 Å². The average Bonchev–Trinajstić information content (AvgIpc) is 3.10. The van der Waals surface area contributed by atoms with Gasteiger partial charge in [0.25, 0.3) is 0 Å². The van der Waals surface area contributed by atoms with Crippen LogP contribution in [0.2, 0.25) is 0 Å². The number of nitrogens with two attached hydrogens (primary N) is 1. The van der Waals surface area contributed by atoms with Gasteiger partial charge < -0.3 is 15.8 Å². The second kappa shape index (κ2) is 8.47. The summed E-state index contributed by atoms with van der Waals surface area (Å²) in [5.41, 5.74) is 7.51. The number of anilines is 3. The summed E-state index contributed by atoms with van der Waals surface area (Å²) < 4.78 is 5.78. The number of aromatic nitrogens is 1. The van der Waals surface area contributed by atoms with Gasteiger partial charge in [-0.25, -0.2) is 0 Å². The third-order valence-electron chi connectivity index (χ3n) is 4.25. The third kappa shape index (κ3) is 3.99. The lowest BCUT2D eigenvalue weighted by Gasteiger charge is -2.08. The molecule has 0 fully saturated rings. The van der Waals surface area contributed by atoms with Crippen LogP contribution < -0.4 is 15.8 Å². The van der Waals surface area contributed by atoms with Gasteiger partial charge in [-0.15, -0.1) is 11.3 Å². The maximum atomic E-state index is 12.7. The number of nitrogens with zero attached hydrogens (tertiary/aromatic N) is 2. The second-order valence-electron chi connectivity index (χ2n) is 6.27. The monoisotopic (exact) mass is 412 g/mol. The normalized spacial score (nSPS) is 10.2. The lowest BCUT2D eigenvalue weighted by Crippen LogP contribution is -2.04. The Bertz CT molecular complexity index is 1210. The van der Waals surface area contributed by atoms with Crippen molar-refractivity contribution >= 4 is 33.5 Å². The highest BCUT2D eigenvalue weighted by atomic mass is 32.1. The fourth-order valence-corrected chi connectivity index (χ4v) is 3.83. The van der Waals surface area contributed by atoms with Crippen molar-refractivity contribution in [3.05, 3.63) is 95.1 Å². The fourth-order valence-electron chi connectivity index (χ4n) is 2.79. The van der Waals surface area contributed by atoms with Crippen LogP contribution in [-0.4, -0.2) is 10.8 Å². The Morgan fingerprint density at radius 3 is 2.37 bits per heavy atom. The summed E-state index contributed by atoms with van der Waals surface area (Å²) in [4.78, 5) is 17.1. The minimum absolute atomic E-state index is 0.157. The van der Waals surface area contributed by atoms with Crippen LogP contribution in [0, 0.1) is 11.3 Å². The number of carbonyl (C=O) groups is 1. The van der Waals surface area contributed by atoms with Crippen molar-refractivity contribution < 1.29 is 9.53 Å². The van der Waals surface area contributed by atoms with E-state index in [1.807, 2.05) is 54.6 Å². The molecule has 2 aromatic carbocycles. The van der Waals surface area contributed by atoms with E-state index in [1.165, 1.54) is 0 Å². The van der Waals surface area contributed by atoms with Crippen molar-refractivity contribution in [2.75, 3.05) is 11.1 Å². The molecular formula is C23H16N4O2S. The molecule has 0 radical (unpaired) electrons. The van der Waals surface area contributed by atoms with Gasteiger partial charge in [0, 0.05) is 11.9 Å². The molecular weight excluding hydrogens is 396 g/mol. The molecule has 6 nitrogen and oxygen atoms in total.